The van der Waals surface area contributed by atoms with Gasteiger partial charge in [0.2, 0.25) is 5.91 Å². The largest absolute Gasteiger partial charge is 0.366 e. The number of nitrogens with two attached hydrogens (primary N) is 1. The van der Waals surface area contributed by atoms with Crippen LogP contribution in [0.2, 0.25) is 0 Å². The standard InChI is InChI=1S/C16H13F2NO/c17-10-7-9-5-6-12(15(9)14(18)8-10)11-3-1-2-4-13(11)16(19)20/h1-4,7-8,12H,5-6H2,(H2,19,20)/t12-/m1/s1. The van der Waals surface area contributed by atoms with Crippen molar-refractivity contribution in [2.24, 2.45) is 5.73 Å². The highest BCUT2D eigenvalue weighted by Crippen LogP contribution is 2.41. The van der Waals surface area contributed by atoms with Crippen LogP contribution >= 0.6 is 0 Å². The van der Waals surface area contributed by atoms with E-state index in [1.807, 2.05) is 0 Å². The first kappa shape index (κ1) is 12.8. The maximum absolute atomic E-state index is 14.1. The van der Waals surface area contributed by atoms with Crippen molar-refractivity contribution in [3.63, 3.8) is 0 Å². The first-order valence-electron chi connectivity index (χ1n) is 6.44. The number of hydrogen-bond donors (Lipinski definition) is 1. The molecule has 2 aromatic rings. The average Bonchev–Trinajstić information content (AvgIpc) is 2.82. The molecule has 3 rings (SSSR count). The Morgan fingerprint density at radius 2 is 1.95 bits per heavy atom. The van der Waals surface area contributed by atoms with Crippen molar-refractivity contribution < 1.29 is 13.6 Å². The predicted molar refractivity (Wildman–Crippen MR) is 71.5 cm³/mol. The lowest BCUT2D eigenvalue weighted by Crippen LogP contribution is -2.15. The van der Waals surface area contributed by atoms with Crippen LogP contribution in [-0.2, 0) is 6.42 Å². The van der Waals surface area contributed by atoms with Crippen LogP contribution in [-0.4, -0.2) is 5.91 Å². The molecule has 0 heterocycles. The van der Waals surface area contributed by atoms with Crippen molar-refractivity contribution in [2.75, 3.05) is 0 Å². The maximum Gasteiger partial charge on any atom is 0.248 e. The highest BCUT2D eigenvalue weighted by atomic mass is 19.1. The Hall–Kier alpha value is -2.23. The minimum absolute atomic E-state index is 0.241. The number of amides is 1. The number of carbonyl (C=O) groups excluding carboxylic acids is 1. The summed E-state index contributed by atoms with van der Waals surface area (Å²) in [4.78, 5) is 11.5. The molecule has 0 aromatic heterocycles. The van der Waals surface area contributed by atoms with E-state index in [4.69, 9.17) is 5.73 Å². The predicted octanol–water partition coefficient (Wildman–Crippen LogP) is 3.14. The highest BCUT2D eigenvalue weighted by Gasteiger charge is 2.30. The lowest BCUT2D eigenvalue weighted by atomic mass is 9.89. The van der Waals surface area contributed by atoms with Gasteiger partial charge in [-0.15, -0.1) is 0 Å². The minimum Gasteiger partial charge on any atom is -0.366 e. The minimum atomic E-state index is -0.565. The van der Waals surface area contributed by atoms with Crippen molar-refractivity contribution in [1.29, 1.82) is 0 Å². The second kappa shape index (κ2) is 4.71. The molecule has 102 valence electrons. The van der Waals surface area contributed by atoms with Crippen LogP contribution in [0.3, 0.4) is 0 Å². The maximum atomic E-state index is 14.1. The van der Waals surface area contributed by atoms with Crippen LogP contribution < -0.4 is 5.73 Å². The van der Waals surface area contributed by atoms with Crippen molar-refractivity contribution >= 4 is 5.91 Å². The Labute approximate surface area is 115 Å². The third kappa shape index (κ3) is 1.97. The molecular weight excluding hydrogens is 260 g/mol. The van der Waals surface area contributed by atoms with Crippen LogP contribution in [0.4, 0.5) is 8.78 Å². The molecule has 2 nitrogen and oxygen atoms in total. The molecule has 0 unspecified atom stereocenters. The Bertz CT molecular complexity index is 697. The van der Waals surface area contributed by atoms with Crippen LogP contribution in [0.25, 0.3) is 0 Å². The van der Waals surface area contributed by atoms with Gasteiger partial charge in [0.25, 0.3) is 0 Å². The van der Waals surface area contributed by atoms with E-state index < -0.39 is 17.5 Å². The zero-order valence-electron chi connectivity index (χ0n) is 10.7. The molecule has 4 heteroatoms. The quantitative estimate of drug-likeness (QED) is 0.897. The van der Waals surface area contributed by atoms with Crippen molar-refractivity contribution in [2.45, 2.75) is 18.8 Å². The lowest BCUT2D eigenvalue weighted by molar-refractivity contribution is 0.0999. The first-order chi connectivity index (χ1) is 9.58. The van der Waals surface area contributed by atoms with E-state index in [9.17, 15) is 13.6 Å². The number of hydrogen-bond acceptors (Lipinski definition) is 1. The molecule has 2 aromatic carbocycles. The van der Waals surface area contributed by atoms with E-state index in [0.717, 1.165) is 6.07 Å². The number of rotatable bonds is 2. The van der Waals surface area contributed by atoms with Crippen LogP contribution in [0.5, 0.6) is 0 Å². The molecule has 20 heavy (non-hydrogen) atoms. The number of halogens is 2. The Morgan fingerprint density at radius 3 is 2.70 bits per heavy atom. The molecule has 1 amide bonds. The van der Waals surface area contributed by atoms with Gasteiger partial charge in [-0.05, 0) is 41.7 Å². The van der Waals surface area contributed by atoms with E-state index >= 15 is 0 Å². The van der Waals surface area contributed by atoms with E-state index in [0.29, 0.717) is 35.1 Å². The summed E-state index contributed by atoms with van der Waals surface area (Å²) in [5, 5.41) is 0. The average molecular weight is 273 g/mol. The van der Waals surface area contributed by atoms with Gasteiger partial charge >= 0.3 is 0 Å². The van der Waals surface area contributed by atoms with Crippen molar-refractivity contribution in [3.8, 4) is 0 Å². The summed E-state index contributed by atoms with van der Waals surface area (Å²) >= 11 is 0. The molecule has 0 radical (unpaired) electrons. The summed E-state index contributed by atoms with van der Waals surface area (Å²) in [6.07, 6.45) is 1.25. The van der Waals surface area contributed by atoms with Gasteiger partial charge in [-0.25, -0.2) is 8.78 Å². The fourth-order valence-corrected chi connectivity index (χ4v) is 3.02. The summed E-state index contributed by atoms with van der Waals surface area (Å²) in [7, 11) is 0. The highest BCUT2D eigenvalue weighted by molar-refractivity contribution is 5.94. The summed E-state index contributed by atoms with van der Waals surface area (Å²) in [5.74, 6) is -1.89. The van der Waals surface area contributed by atoms with Gasteiger partial charge in [-0.1, -0.05) is 18.2 Å². The molecule has 1 atom stereocenters. The number of aryl methyl sites for hydroxylation is 1. The van der Waals surface area contributed by atoms with Gasteiger partial charge in [0.15, 0.2) is 0 Å². The first-order valence-corrected chi connectivity index (χ1v) is 6.44. The second-order valence-corrected chi connectivity index (χ2v) is 5.00. The number of primary amides is 1. The SMILES string of the molecule is NC(=O)c1ccccc1[C@H]1CCc2cc(F)cc(F)c21. The summed E-state index contributed by atoms with van der Waals surface area (Å²) in [5.41, 5.74) is 7.64. The van der Waals surface area contributed by atoms with Gasteiger partial charge < -0.3 is 5.73 Å². The van der Waals surface area contributed by atoms with E-state index in [2.05, 4.69) is 0 Å². The summed E-state index contributed by atoms with van der Waals surface area (Å²) < 4.78 is 27.3. The molecule has 0 aliphatic heterocycles. The lowest BCUT2D eigenvalue weighted by Gasteiger charge is -2.16. The normalized spacial score (nSPS) is 17.0. The third-order valence-corrected chi connectivity index (χ3v) is 3.83. The van der Waals surface area contributed by atoms with Gasteiger partial charge in [0, 0.05) is 17.5 Å². The number of fused-ring (bicyclic) bond motifs is 1. The van der Waals surface area contributed by atoms with E-state index in [-0.39, 0.29) is 5.92 Å². The van der Waals surface area contributed by atoms with Crippen LogP contribution in [0, 0.1) is 11.6 Å². The van der Waals surface area contributed by atoms with Crippen LogP contribution in [0.15, 0.2) is 36.4 Å². The van der Waals surface area contributed by atoms with Gasteiger partial charge in [-0.3, -0.25) is 4.79 Å². The van der Waals surface area contributed by atoms with Gasteiger partial charge in [0.1, 0.15) is 11.6 Å². The third-order valence-electron chi connectivity index (χ3n) is 3.83. The Kier molecular flexibility index (Phi) is 3.01. The van der Waals surface area contributed by atoms with E-state index in [1.165, 1.54) is 6.07 Å². The van der Waals surface area contributed by atoms with Gasteiger partial charge in [0.05, 0.1) is 0 Å². The molecule has 0 saturated carbocycles. The smallest absolute Gasteiger partial charge is 0.248 e. The monoisotopic (exact) mass is 273 g/mol. The number of carbonyl (C=O) groups is 1. The van der Waals surface area contributed by atoms with Crippen molar-refractivity contribution in [3.05, 3.63) is 70.3 Å². The Balaban J connectivity index is 2.15. The van der Waals surface area contributed by atoms with Crippen LogP contribution in [0.1, 0.15) is 39.4 Å². The molecule has 0 bridgehead atoms. The second-order valence-electron chi connectivity index (χ2n) is 5.00. The topological polar surface area (TPSA) is 43.1 Å². The molecule has 1 aliphatic rings. The number of benzene rings is 2. The summed E-state index contributed by atoms with van der Waals surface area (Å²) in [6.45, 7) is 0. The summed E-state index contributed by atoms with van der Waals surface area (Å²) in [6, 6.07) is 9.19. The molecule has 2 N–H and O–H groups in total. The van der Waals surface area contributed by atoms with E-state index in [1.54, 1.807) is 24.3 Å². The van der Waals surface area contributed by atoms with Crippen molar-refractivity contribution in [1.82, 2.24) is 0 Å². The Morgan fingerprint density at radius 1 is 1.20 bits per heavy atom. The molecule has 1 aliphatic carbocycles. The zero-order valence-corrected chi connectivity index (χ0v) is 10.7. The van der Waals surface area contributed by atoms with Gasteiger partial charge in [-0.2, -0.15) is 0 Å². The fourth-order valence-electron chi connectivity index (χ4n) is 3.02. The molecular formula is C16H13F2NO. The molecule has 0 saturated heterocycles. The fraction of sp³-hybridized carbons (Fsp3) is 0.188. The zero-order chi connectivity index (χ0) is 14.3. The molecule has 0 fully saturated rings. The molecule has 0 spiro atoms.